The lowest BCUT2D eigenvalue weighted by molar-refractivity contribution is 0.0696. The van der Waals surface area contributed by atoms with E-state index in [4.69, 9.17) is 9.84 Å². The second-order valence-corrected chi connectivity index (χ2v) is 4.94. The maximum absolute atomic E-state index is 10.8. The van der Waals surface area contributed by atoms with Crippen molar-refractivity contribution in [2.45, 2.75) is 23.1 Å². The standard InChI is InChI=1S/C11H13NO3S/c13-11(14)8-1-4-12-10(7-8)16-9-2-5-15-6-3-9/h1,4,7,9H,2-3,5-6H2,(H,13,14). The highest BCUT2D eigenvalue weighted by Crippen LogP contribution is 2.28. The lowest BCUT2D eigenvalue weighted by Gasteiger charge is -2.20. The maximum atomic E-state index is 10.8. The van der Waals surface area contributed by atoms with Gasteiger partial charge in [-0.05, 0) is 25.0 Å². The number of carbonyl (C=O) groups is 1. The smallest absolute Gasteiger partial charge is 0.335 e. The summed E-state index contributed by atoms with van der Waals surface area (Å²) >= 11 is 1.64. The van der Waals surface area contributed by atoms with Crippen molar-refractivity contribution in [3.05, 3.63) is 23.9 Å². The van der Waals surface area contributed by atoms with E-state index >= 15 is 0 Å². The zero-order chi connectivity index (χ0) is 11.4. The topological polar surface area (TPSA) is 59.4 Å². The highest BCUT2D eigenvalue weighted by atomic mass is 32.2. The molecule has 4 nitrogen and oxygen atoms in total. The van der Waals surface area contributed by atoms with Gasteiger partial charge in [-0.25, -0.2) is 9.78 Å². The minimum atomic E-state index is -0.906. The second kappa shape index (κ2) is 5.32. The Morgan fingerprint density at radius 2 is 2.25 bits per heavy atom. The number of carboxylic acids is 1. The molecule has 0 aromatic carbocycles. The van der Waals surface area contributed by atoms with Crippen molar-refractivity contribution in [2.24, 2.45) is 0 Å². The van der Waals surface area contributed by atoms with Crippen molar-refractivity contribution in [3.8, 4) is 0 Å². The normalized spacial score (nSPS) is 17.2. The molecule has 2 rings (SSSR count). The van der Waals surface area contributed by atoms with Crippen LogP contribution in [0.2, 0.25) is 0 Å². The van der Waals surface area contributed by atoms with Gasteiger partial charge in [-0.3, -0.25) is 0 Å². The third-order valence-corrected chi connectivity index (χ3v) is 3.71. The Hall–Kier alpha value is -1.07. The van der Waals surface area contributed by atoms with Crippen molar-refractivity contribution in [1.29, 1.82) is 0 Å². The summed E-state index contributed by atoms with van der Waals surface area (Å²) in [6, 6.07) is 3.14. The lowest BCUT2D eigenvalue weighted by Crippen LogP contribution is -2.17. The summed E-state index contributed by atoms with van der Waals surface area (Å²) in [5.41, 5.74) is 0.296. The molecule has 2 heterocycles. The molecule has 0 bridgehead atoms. The maximum Gasteiger partial charge on any atom is 0.335 e. The van der Waals surface area contributed by atoms with Crippen LogP contribution in [0.4, 0.5) is 0 Å². The number of aromatic nitrogens is 1. The Morgan fingerprint density at radius 3 is 2.94 bits per heavy atom. The molecule has 0 aliphatic carbocycles. The van der Waals surface area contributed by atoms with E-state index in [-0.39, 0.29) is 0 Å². The fourth-order valence-corrected chi connectivity index (χ4v) is 2.66. The van der Waals surface area contributed by atoms with Crippen LogP contribution in [0.3, 0.4) is 0 Å². The number of nitrogens with zero attached hydrogens (tertiary/aromatic N) is 1. The quantitative estimate of drug-likeness (QED) is 0.874. The number of pyridine rings is 1. The molecule has 5 heteroatoms. The Bertz CT molecular complexity index is 377. The number of thioether (sulfide) groups is 1. The first-order valence-corrected chi connectivity index (χ1v) is 6.07. The molecular formula is C11H13NO3S. The molecule has 1 saturated heterocycles. The SMILES string of the molecule is O=C(O)c1ccnc(SC2CCOCC2)c1. The zero-order valence-corrected chi connectivity index (χ0v) is 9.57. The molecule has 0 atom stereocenters. The molecule has 0 radical (unpaired) electrons. The van der Waals surface area contributed by atoms with Gasteiger partial charge in [0.25, 0.3) is 0 Å². The molecule has 0 unspecified atom stereocenters. The van der Waals surface area contributed by atoms with Gasteiger partial charge >= 0.3 is 5.97 Å². The second-order valence-electron chi connectivity index (χ2n) is 3.62. The summed E-state index contributed by atoms with van der Waals surface area (Å²) in [5, 5.41) is 10.1. The fraction of sp³-hybridized carbons (Fsp3) is 0.455. The molecular weight excluding hydrogens is 226 g/mol. The van der Waals surface area contributed by atoms with Gasteiger partial charge in [-0.2, -0.15) is 0 Å². The summed E-state index contributed by atoms with van der Waals surface area (Å²) in [5.74, 6) is -0.906. The molecule has 1 fully saturated rings. The Morgan fingerprint density at radius 1 is 1.50 bits per heavy atom. The number of rotatable bonds is 3. The van der Waals surface area contributed by atoms with Crippen molar-refractivity contribution < 1.29 is 14.6 Å². The van der Waals surface area contributed by atoms with Crippen molar-refractivity contribution in [3.63, 3.8) is 0 Å². The minimum absolute atomic E-state index is 0.296. The van der Waals surface area contributed by atoms with Crippen LogP contribution in [0.15, 0.2) is 23.4 Å². The van der Waals surface area contributed by atoms with Crippen LogP contribution < -0.4 is 0 Å². The van der Waals surface area contributed by atoms with E-state index in [1.165, 1.54) is 6.07 Å². The minimum Gasteiger partial charge on any atom is -0.478 e. The van der Waals surface area contributed by atoms with Gasteiger partial charge in [0.2, 0.25) is 0 Å². The predicted octanol–water partition coefficient (Wildman–Crippen LogP) is 2.05. The highest BCUT2D eigenvalue weighted by molar-refractivity contribution is 7.99. The Labute approximate surface area is 98.0 Å². The molecule has 1 aromatic heterocycles. The number of hydrogen-bond donors (Lipinski definition) is 1. The highest BCUT2D eigenvalue weighted by Gasteiger charge is 2.16. The summed E-state index contributed by atoms with van der Waals surface area (Å²) in [4.78, 5) is 15.0. The third-order valence-electron chi connectivity index (χ3n) is 2.44. The van der Waals surface area contributed by atoms with Gasteiger partial charge in [0, 0.05) is 24.7 Å². The van der Waals surface area contributed by atoms with Crippen molar-refractivity contribution >= 4 is 17.7 Å². The van der Waals surface area contributed by atoms with Crippen LogP contribution in [0, 0.1) is 0 Å². The predicted molar refractivity (Wildman–Crippen MR) is 60.9 cm³/mol. The van der Waals surface area contributed by atoms with Gasteiger partial charge in [-0.15, -0.1) is 11.8 Å². The van der Waals surface area contributed by atoms with Crippen LogP contribution in [0.5, 0.6) is 0 Å². The third kappa shape index (κ3) is 2.96. The van der Waals surface area contributed by atoms with E-state index in [1.807, 2.05) is 0 Å². The van der Waals surface area contributed by atoms with Gasteiger partial charge in [0.05, 0.1) is 10.6 Å². The number of carboxylic acid groups (broad SMARTS) is 1. The summed E-state index contributed by atoms with van der Waals surface area (Å²) in [7, 11) is 0. The molecule has 1 N–H and O–H groups in total. The summed E-state index contributed by atoms with van der Waals surface area (Å²) in [6.45, 7) is 1.58. The largest absolute Gasteiger partial charge is 0.478 e. The Kier molecular flexibility index (Phi) is 3.79. The first kappa shape index (κ1) is 11.4. The van der Waals surface area contributed by atoms with Crippen LogP contribution in [0.1, 0.15) is 23.2 Å². The molecule has 0 saturated carbocycles. The molecule has 1 aliphatic rings. The summed E-state index contributed by atoms with van der Waals surface area (Å²) < 4.78 is 5.27. The van der Waals surface area contributed by atoms with E-state index in [0.29, 0.717) is 10.8 Å². The van der Waals surface area contributed by atoms with Gasteiger partial charge in [0.1, 0.15) is 0 Å². The first-order valence-electron chi connectivity index (χ1n) is 5.19. The van der Waals surface area contributed by atoms with Crippen LogP contribution >= 0.6 is 11.8 Å². The average Bonchev–Trinajstić information content (AvgIpc) is 2.30. The van der Waals surface area contributed by atoms with E-state index in [0.717, 1.165) is 31.1 Å². The molecule has 0 spiro atoms. The van der Waals surface area contributed by atoms with Crippen LogP contribution in [0.25, 0.3) is 0 Å². The number of aromatic carboxylic acids is 1. The lowest BCUT2D eigenvalue weighted by atomic mass is 10.2. The van der Waals surface area contributed by atoms with Crippen LogP contribution in [-0.2, 0) is 4.74 Å². The average molecular weight is 239 g/mol. The number of ether oxygens (including phenoxy) is 1. The van der Waals surface area contributed by atoms with E-state index in [2.05, 4.69) is 4.98 Å². The molecule has 1 aliphatic heterocycles. The van der Waals surface area contributed by atoms with E-state index in [9.17, 15) is 4.79 Å². The van der Waals surface area contributed by atoms with Gasteiger partial charge < -0.3 is 9.84 Å². The van der Waals surface area contributed by atoms with Gasteiger partial charge in [0.15, 0.2) is 0 Å². The monoisotopic (exact) mass is 239 g/mol. The molecule has 0 amide bonds. The first-order chi connectivity index (χ1) is 7.75. The van der Waals surface area contributed by atoms with Gasteiger partial charge in [-0.1, -0.05) is 0 Å². The molecule has 16 heavy (non-hydrogen) atoms. The molecule has 86 valence electrons. The number of hydrogen-bond acceptors (Lipinski definition) is 4. The van der Waals surface area contributed by atoms with E-state index in [1.54, 1.807) is 24.0 Å². The van der Waals surface area contributed by atoms with Crippen molar-refractivity contribution in [2.75, 3.05) is 13.2 Å². The molecule has 1 aromatic rings. The van der Waals surface area contributed by atoms with Crippen molar-refractivity contribution in [1.82, 2.24) is 4.98 Å². The van der Waals surface area contributed by atoms with E-state index < -0.39 is 5.97 Å². The summed E-state index contributed by atoms with van der Waals surface area (Å²) in [6.07, 6.45) is 3.55. The van der Waals surface area contributed by atoms with Crippen LogP contribution in [-0.4, -0.2) is 34.5 Å². The Balaban J connectivity index is 2.02. The zero-order valence-electron chi connectivity index (χ0n) is 8.76. The fourth-order valence-electron chi connectivity index (χ4n) is 1.57.